The molecule has 1 aromatic carbocycles. The second kappa shape index (κ2) is 8.53. The molecule has 1 atom stereocenters. The van der Waals surface area contributed by atoms with Gasteiger partial charge in [0.05, 0.1) is 12.7 Å². The molecule has 1 aliphatic heterocycles. The maximum atomic E-state index is 13.0. The monoisotopic (exact) mass is 402 g/mol. The van der Waals surface area contributed by atoms with Crippen LogP contribution in [0.1, 0.15) is 40.5 Å². The number of aromatic nitrogens is 2. The number of rotatable bonds is 4. The first kappa shape index (κ1) is 19.9. The van der Waals surface area contributed by atoms with Crippen molar-refractivity contribution in [3.05, 3.63) is 71.7 Å². The molecule has 1 aliphatic rings. The fourth-order valence-corrected chi connectivity index (χ4v) is 4.03. The summed E-state index contributed by atoms with van der Waals surface area (Å²) in [6.07, 6.45) is 3.54. The van der Waals surface area contributed by atoms with E-state index in [-0.39, 0.29) is 17.6 Å². The van der Waals surface area contributed by atoms with Gasteiger partial charge < -0.3 is 15.4 Å². The Morgan fingerprint density at radius 3 is 2.70 bits per heavy atom. The average Bonchev–Trinajstić information content (AvgIpc) is 2.79. The molecule has 0 saturated carbocycles. The van der Waals surface area contributed by atoms with Gasteiger partial charge in [-0.15, -0.1) is 0 Å². The Bertz CT molecular complexity index is 1050. The zero-order valence-electron chi connectivity index (χ0n) is 17.3. The Labute approximate surface area is 176 Å². The van der Waals surface area contributed by atoms with Gasteiger partial charge in [0, 0.05) is 36.6 Å². The number of carbonyl (C=O) groups is 1. The molecule has 1 amide bonds. The number of pyridine rings is 2. The van der Waals surface area contributed by atoms with Crippen LogP contribution in [0, 0.1) is 6.92 Å². The predicted octanol–water partition coefficient (Wildman–Crippen LogP) is 4.06. The summed E-state index contributed by atoms with van der Waals surface area (Å²) >= 11 is 0. The Kier molecular flexibility index (Phi) is 5.65. The lowest BCUT2D eigenvalue weighted by Crippen LogP contribution is -2.39. The van der Waals surface area contributed by atoms with E-state index in [2.05, 4.69) is 29.2 Å². The van der Waals surface area contributed by atoms with Crippen LogP contribution in [0.3, 0.4) is 0 Å². The zero-order chi connectivity index (χ0) is 21.1. The lowest BCUT2D eigenvalue weighted by molar-refractivity contribution is 0.0706. The van der Waals surface area contributed by atoms with Crippen molar-refractivity contribution in [3.63, 3.8) is 0 Å². The number of ether oxygens (including phenoxy) is 1. The lowest BCUT2D eigenvalue weighted by Gasteiger charge is -2.33. The van der Waals surface area contributed by atoms with Gasteiger partial charge in [-0.1, -0.05) is 12.1 Å². The van der Waals surface area contributed by atoms with E-state index in [9.17, 15) is 4.79 Å². The minimum absolute atomic E-state index is 0.0617. The van der Waals surface area contributed by atoms with Crippen LogP contribution in [-0.4, -0.2) is 41.0 Å². The Hall–Kier alpha value is -3.41. The molecule has 4 rings (SSSR count). The van der Waals surface area contributed by atoms with Crippen molar-refractivity contribution in [2.45, 2.75) is 25.7 Å². The van der Waals surface area contributed by atoms with Crippen LogP contribution in [0.15, 0.2) is 54.7 Å². The number of nitrogens with zero attached hydrogens (tertiary/aromatic N) is 3. The third-order valence-corrected chi connectivity index (χ3v) is 5.59. The highest BCUT2D eigenvalue weighted by molar-refractivity contribution is 5.98. The molecule has 1 fully saturated rings. The second-order valence-electron chi connectivity index (χ2n) is 7.68. The minimum atomic E-state index is -0.0617. The number of nitrogen functional groups attached to an aromatic ring is 1. The van der Waals surface area contributed by atoms with Gasteiger partial charge in [-0.05, 0) is 67.3 Å². The van der Waals surface area contributed by atoms with E-state index >= 15 is 0 Å². The highest BCUT2D eigenvalue weighted by Crippen LogP contribution is 2.31. The molecular weight excluding hydrogens is 376 g/mol. The van der Waals surface area contributed by atoms with Crippen molar-refractivity contribution in [2.75, 3.05) is 25.9 Å². The molecule has 2 N–H and O–H groups in total. The smallest absolute Gasteiger partial charge is 0.257 e. The largest absolute Gasteiger partial charge is 0.497 e. The number of hydrogen-bond acceptors (Lipinski definition) is 5. The SMILES string of the molecule is COc1ccc(-c2cc(C)nc([C@H]3CCCN(C(=O)c4cccnc4N)C3)c2)cc1. The van der Waals surface area contributed by atoms with E-state index in [0.717, 1.165) is 47.7 Å². The Morgan fingerprint density at radius 1 is 1.17 bits per heavy atom. The van der Waals surface area contributed by atoms with Gasteiger partial charge in [0.2, 0.25) is 0 Å². The summed E-state index contributed by atoms with van der Waals surface area (Å²) in [7, 11) is 1.67. The van der Waals surface area contributed by atoms with E-state index in [1.165, 1.54) is 0 Å². The number of methoxy groups -OCH3 is 1. The minimum Gasteiger partial charge on any atom is -0.497 e. The van der Waals surface area contributed by atoms with E-state index < -0.39 is 0 Å². The van der Waals surface area contributed by atoms with Crippen molar-refractivity contribution in [2.24, 2.45) is 0 Å². The van der Waals surface area contributed by atoms with Crippen LogP contribution in [0.5, 0.6) is 5.75 Å². The third kappa shape index (κ3) is 4.13. The summed E-state index contributed by atoms with van der Waals surface area (Å²) in [5, 5.41) is 0. The summed E-state index contributed by atoms with van der Waals surface area (Å²) in [6, 6.07) is 15.8. The molecule has 0 aliphatic carbocycles. The Balaban J connectivity index is 1.58. The fraction of sp³-hybridized carbons (Fsp3) is 0.292. The number of benzene rings is 1. The number of nitrogens with two attached hydrogens (primary N) is 1. The predicted molar refractivity (Wildman–Crippen MR) is 117 cm³/mol. The average molecular weight is 402 g/mol. The topological polar surface area (TPSA) is 81.3 Å². The number of anilines is 1. The standard InChI is InChI=1S/C24H26N4O2/c1-16-13-19(17-7-9-20(30-2)10-8-17)14-22(27-16)18-5-4-12-28(15-18)24(29)21-6-3-11-26-23(21)25/h3,6-11,13-14,18H,4-5,12,15H2,1-2H3,(H2,25,26)/t18-/m0/s1. The molecule has 0 spiro atoms. The molecule has 3 aromatic rings. The molecule has 0 radical (unpaired) electrons. The summed E-state index contributed by atoms with van der Waals surface area (Å²) in [5.41, 5.74) is 10.6. The maximum Gasteiger partial charge on any atom is 0.257 e. The molecule has 2 aromatic heterocycles. The number of piperidine rings is 1. The van der Waals surface area contributed by atoms with Crippen LogP contribution >= 0.6 is 0 Å². The van der Waals surface area contributed by atoms with Crippen LogP contribution in [-0.2, 0) is 0 Å². The van der Waals surface area contributed by atoms with Crippen molar-refractivity contribution < 1.29 is 9.53 Å². The van der Waals surface area contributed by atoms with Gasteiger partial charge in [-0.2, -0.15) is 0 Å². The van der Waals surface area contributed by atoms with Gasteiger partial charge in [0.15, 0.2) is 0 Å². The fourth-order valence-electron chi connectivity index (χ4n) is 4.03. The number of carbonyl (C=O) groups excluding carboxylic acids is 1. The summed E-state index contributed by atoms with van der Waals surface area (Å²) in [5.74, 6) is 1.24. The van der Waals surface area contributed by atoms with E-state index in [1.807, 2.05) is 24.0 Å². The van der Waals surface area contributed by atoms with Crippen molar-refractivity contribution >= 4 is 11.7 Å². The van der Waals surface area contributed by atoms with E-state index in [4.69, 9.17) is 15.5 Å². The van der Waals surface area contributed by atoms with Gasteiger partial charge in [-0.3, -0.25) is 9.78 Å². The Morgan fingerprint density at radius 2 is 1.97 bits per heavy atom. The van der Waals surface area contributed by atoms with E-state index in [1.54, 1.807) is 25.4 Å². The molecule has 6 heteroatoms. The molecule has 0 unspecified atom stereocenters. The highest BCUT2D eigenvalue weighted by Gasteiger charge is 2.27. The van der Waals surface area contributed by atoms with Crippen LogP contribution < -0.4 is 10.5 Å². The van der Waals surface area contributed by atoms with Crippen LogP contribution in [0.25, 0.3) is 11.1 Å². The molecule has 30 heavy (non-hydrogen) atoms. The van der Waals surface area contributed by atoms with Gasteiger partial charge in [0.25, 0.3) is 5.91 Å². The molecule has 6 nitrogen and oxygen atoms in total. The molecule has 0 bridgehead atoms. The van der Waals surface area contributed by atoms with Gasteiger partial charge in [0.1, 0.15) is 11.6 Å². The quantitative estimate of drug-likeness (QED) is 0.712. The maximum absolute atomic E-state index is 13.0. The summed E-state index contributed by atoms with van der Waals surface area (Å²) < 4.78 is 5.26. The third-order valence-electron chi connectivity index (χ3n) is 5.59. The second-order valence-corrected chi connectivity index (χ2v) is 7.68. The van der Waals surface area contributed by atoms with Crippen LogP contribution in [0.2, 0.25) is 0 Å². The molecular formula is C24H26N4O2. The van der Waals surface area contributed by atoms with Crippen molar-refractivity contribution in [3.8, 4) is 16.9 Å². The highest BCUT2D eigenvalue weighted by atomic mass is 16.5. The summed E-state index contributed by atoms with van der Waals surface area (Å²) in [4.78, 5) is 23.7. The number of aryl methyl sites for hydroxylation is 1. The number of likely N-dealkylation sites (tertiary alicyclic amines) is 1. The molecule has 154 valence electrons. The van der Waals surface area contributed by atoms with Gasteiger partial charge >= 0.3 is 0 Å². The first-order valence-electron chi connectivity index (χ1n) is 10.2. The lowest BCUT2D eigenvalue weighted by atomic mass is 9.92. The molecule has 1 saturated heterocycles. The van der Waals surface area contributed by atoms with Crippen molar-refractivity contribution in [1.82, 2.24) is 14.9 Å². The normalized spacial score (nSPS) is 16.3. The zero-order valence-corrected chi connectivity index (χ0v) is 17.3. The first-order valence-corrected chi connectivity index (χ1v) is 10.2. The summed E-state index contributed by atoms with van der Waals surface area (Å²) in [6.45, 7) is 3.37. The van der Waals surface area contributed by atoms with E-state index in [0.29, 0.717) is 12.1 Å². The molecule has 3 heterocycles. The van der Waals surface area contributed by atoms with Crippen molar-refractivity contribution in [1.29, 1.82) is 0 Å². The van der Waals surface area contributed by atoms with Crippen LogP contribution in [0.4, 0.5) is 5.82 Å². The van der Waals surface area contributed by atoms with Gasteiger partial charge in [-0.25, -0.2) is 4.98 Å². The number of amides is 1. The first-order chi connectivity index (χ1) is 14.5. The number of hydrogen-bond donors (Lipinski definition) is 1.